The van der Waals surface area contributed by atoms with E-state index < -0.39 is 6.04 Å². The Labute approximate surface area is 125 Å². The van der Waals surface area contributed by atoms with Gasteiger partial charge in [-0.1, -0.05) is 6.07 Å². The van der Waals surface area contributed by atoms with Crippen molar-refractivity contribution in [3.8, 4) is 5.75 Å². The van der Waals surface area contributed by atoms with E-state index in [1.165, 1.54) is 0 Å². The van der Waals surface area contributed by atoms with Crippen molar-refractivity contribution in [1.29, 1.82) is 0 Å². The Balaban J connectivity index is 2.00. The number of amides is 3. The highest BCUT2D eigenvalue weighted by molar-refractivity contribution is 9.10. The maximum atomic E-state index is 12.0. The number of benzene rings is 1. The molecule has 1 saturated heterocycles. The summed E-state index contributed by atoms with van der Waals surface area (Å²) >= 11 is 3.41. The van der Waals surface area contributed by atoms with E-state index in [2.05, 4.69) is 31.9 Å². The summed E-state index contributed by atoms with van der Waals surface area (Å²) in [5, 5.41) is 7.97. The Kier molecular flexibility index (Phi) is 4.49. The highest BCUT2D eigenvalue weighted by Crippen LogP contribution is 2.27. The van der Waals surface area contributed by atoms with Crippen LogP contribution in [-0.2, 0) is 4.79 Å². The lowest BCUT2D eigenvalue weighted by atomic mass is 10.1. The van der Waals surface area contributed by atoms with Crippen LogP contribution in [0.1, 0.15) is 18.5 Å². The number of nitrogens with one attached hydrogen (secondary N) is 3. The average Bonchev–Trinajstić information content (AvgIpc) is 2.85. The highest BCUT2D eigenvalue weighted by atomic mass is 79.9. The summed E-state index contributed by atoms with van der Waals surface area (Å²) in [5.41, 5.74) is 0.948. The molecule has 0 bridgehead atoms. The van der Waals surface area contributed by atoms with Crippen LogP contribution >= 0.6 is 15.9 Å². The molecule has 108 valence electrons. The van der Waals surface area contributed by atoms with Crippen molar-refractivity contribution in [2.24, 2.45) is 0 Å². The van der Waals surface area contributed by atoms with Crippen molar-refractivity contribution < 1.29 is 14.3 Å². The number of ether oxygens (including phenoxy) is 1. The lowest BCUT2D eigenvalue weighted by Crippen LogP contribution is -2.43. The third-order valence-electron chi connectivity index (χ3n) is 3.12. The van der Waals surface area contributed by atoms with E-state index in [-0.39, 0.29) is 18.0 Å². The predicted octanol–water partition coefficient (Wildman–Crippen LogP) is 1.32. The fourth-order valence-corrected chi connectivity index (χ4v) is 2.52. The van der Waals surface area contributed by atoms with Gasteiger partial charge in [0.15, 0.2) is 0 Å². The Bertz CT molecular complexity index is 536. The van der Waals surface area contributed by atoms with Crippen LogP contribution < -0.4 is 20.7 Å². The normalized spacial score (nSPS) is 18.9. The van der Waals surface area contributed by atoms with Crippen LogP contribution in [0.2, 0.25) is 0 Å². The molecule has 0 unspecified atom stereocenters. The fourth-order valence-electron chi connectivity index (χ4n) is 1.96. The van der Waals surface area contributed by atoms with Crippen LogP contribution in [0.3, 0.4) is 0 Å². The summed E-state index contributed by atoms with van der Waals surface area (Å²) < 4.78 is 5.99. The topological polar surface area (TPSA) is 79.5 Å². The Morgan fingerprint density at radius 3 is 2.85 bits per heavy atom. The van der Waals surface area contributed by atoms with E-state index in [1.807, 2.05) is 25.1 Å². The maximum absolute atomic E-state index is 12.0. The predicted molar refractivity (Wildman–Crippen MR) is 77.6 cm³/mol. The second kappa shape index (κ2) is 6.13. The minimum atomic E-state index is -0.522. The van der Waals surface area contributed by atoms with Gasteiger partial charge in [0.25, 0.3) is 0 Å². The lowest BCUT2D eigenvalue weighted by molar-refractivity contribution is -0.123. The second-order valence-corrected chi connectivity index (χ2v) is 5.39. The largest absolute Gasteiger partial charge is 0.496 e. The molecule has 3 amide bonds. The van der Waals surface area contributed by atoms with E-state index in [0.29, 0.717) is 6.54 Å². The quantitative estimate of drug-likeness (QED) is 0.772. The number of halogens is 1. The Morgan fingerprint density at radius 2 is 2.30 bits per heavy atom. The van der Waals surface area contributed by atoms with Gasteiger partial charge in [0.2, 0.25) is 5.91 Å². The van der Waals surface area contributed by atoms with Gasteiger partial charge in [-0.05, 0) is 40.5 Å². The zero-order valence-corrected chi connectivity index (χ0v) is 12.8. The zero-order valence-electron chi connectivity index (χ0n) is 11.2. The number of carbonyl (C=O) groups excluding carboxylic acids is 2. The highest BCUT2D eigenvalue weighted by Gasteiger charge is 2.27. The molecule has 20 heavy (non-hydrogen) atoms. The Hall–Kier alpha value is -1.76. The summed E-state index contributed by atoms with van der Waals surface area (Å²) in [5.74, 6) is 0.530. The van der Waals surface area contributed by atoms with E-state index in [1.54, 1.807) is 7.11 Å². The summed E-state index contributed by atoms with van der Waals surface area (Å²) in [7, 11) is 1.60. The minimum absolute atomic E-state index is 0.165. The summed E-state index contributed by atoms with van der Waals surface area (Å²) in [6.07, 6.45) is 0. The van der Waals surface area contributed by atoms with Crippen LogP contribution in [0.15, 0.2) is 22.7 Å². The molecule has 0 saturated carbocycles. The van der Waals surface area contributed by atoms with Crippen LogP contribution in [0.5, 0.6) is 5.75 Å². The Morgan fingerprint density at radius 1 is 1.55 bits per heavy atom. The van der Waals surface area contributed by atoms with Gasteiger partial charge in [0, 0.05) is 6.54 Å². The number of rotatable bonds is 4. The lowest BCUT2D eigenvalue weighted by Gasteiger charge is -2.17. The molecular formula is C13H16BrN3O3. The first-order valence-electron chi connectivity index (χ1n) is 6.19. The van der Waals surface area contributed by atoms with Crippen LogP contribution in [-0.4, -0.2) is 31.6 Å². The number of urea groups is 1. The van der Waals surface area contributed by atoms with E-state index >= 15 is 0 Å². The van der Waals surface area contributed by atoms with Gasteiger partial charge in [0.1, 0.15) is 11.8 Å². The molecule has 1 aromatic carbocycles. The van der Waals surface area contributed by atoms with E-state index in [0.717, 1.165) is 15.8 Å². The molecule has 2 rings (SSSR count). The van der Waals surface area contributed by atoms with Gasteiger partial charge >= 0.3 is 6.03 Å². The van der Waals surface area contributed by atoms with Gasteiger partial charge in [-0.2, -0.15) is 0 Å². The molecular weight excluding hydrogens is 326 g/mol. The number of hydrogen-bond acceptors (Lipinski definition) is 3. The minimum Gasteiger partial charge on any atom is -0.496 e. The molecule has 0 radical (unpaired) electrons. The molecule has 0 spiro atoms. The molecule has 6 nitrogen and oxygen atoms in total. The monoisotopic (exact) mass is 341 g/mol. The molecule has 1 aliphatic rings. The van der Waals surface area contributed by atoms with Gasteiger partial charge in [-0.15, -0.1) is 0 Å². The summed E-state index contributed by atoms with van der Waals surface area (Å²) in [6.45, 7) is 2.19. The SMILES string of the molecule is COc1ccc([C@H](C)NC(=O)[C@@H]2CNC(=O)N2)cc1Br. The molecule has 2 atom stereocenters. The summed E-state index contributed by atoms with van der Waals surface area (Å²) in [6, 6.07) is 4.62. The molecule has 3 N–H and O–H groups in total. The van der Waals surface area contributed by atoms with Crippen LogP contribution in [0.4, 0.5) is 4.79 Å². The van der Waals surface area contributed by atoms with Crippen LogP contribution in [0.25, 0.3) is 0 Å². The summed E-state index contributed by atoms with van der Waals surface area (Å²) in [4.78, 5) is 23.0. The van der Waals surface area contributed by atoms with Crippen molar-refractivity contribution in [3.05, 3.63) is 28.2 Å². The number of hydrogen-bond donors (Lipinski definition) is 3. The van der Waals surface area contributed by atoms with Crippen molar-refractivity contribution in [2.75, 3.05) is 13.7 Å². The van der Waals surface area contributed by atoms with Crippen LogP contribution in [0, 0.1) is 0 Å². The van der Waals surface area contributed by atoms with Crippen molar-refractivity contribution in [1.82, 2.24) is 16.0 Å². The van der Waals surface area contributed by atoms with Gasteiger partial charge in [-0.25, -0.2) is 4.79 Å². The molecule has 1 aromatic rings. The van der Waals surface area contributed by atoms with Gasteiger partial charge < -0.3 is 20.7 Å². The van der Waals surface area contributed by atoms with Crippen molar-refractivity contribution >= 4 is 27.9 Å². The van der Waals surface area contributed by atoms with Crippen molar-refractivity contribution in [3.63, 3.8) is 0 Å². The first kappa shape index (κ1) is 14.6. The standard InChI is InChI=1S/C13H16BrN3O3/c1-7(8-3-4-11(20-2)9(14)5-8)16-12(18)10-6-15-13(19)17-10/h3-5,7,10H,6H2,1-2H3,(H,16,18)(H2,15,17,19)/t7-,10-/m0/s1. The van der Waals surface area contributed by atoms with E-state index in [4.69, 9.17) is 4.74 Å². The molecule has 1 aliphatic heterocycles. The van der Waals surface area contributed by atoms with Gasteiger partial charge in [-0.3, -0.25) is 4.79 Å². The molecule has 0 aromatic heterocycles. The fraction of sp³-hybridized carbons (Fsp3) is 0.385. The smallest absolute Gasteiger partial charge is 0.315 e. The third-order valence-corrected chi connectivity index (χ3v) is 3.74. The first-order valence-corrected chi connectivity index (χ1v) is 6.98. The molecule has 7 heteroatoms. The number of carbonyl (C=O) groups is 2. The first-order chi connectivity index (χ1) is 9.51. The third kappa shape index (κ3) is 3.22. The van der Waals surface area contributed by atoms with Gasteiger partial charge in [0.05, 0.1) is 17.6 Å². The second-order valence-electron chi connectivity index (χ2n) is 4.53. The molecule has 0 aliphatic carbocycles. The van der Waals surface area contributed by atoms with E-state index in [9.17, 15) is 9.59 Å². The molecule has 1 fully saturated rings. The number of methoxy groups -OCH3 is 1. The average molecular weight is 342 g/mol. The molecule has 1 heterocycles. The maximum Gasteiger partial charge on any atom is 0.315 e. The zero-order chi connectivity index (χ0) is 14.7. The van der Waals surface area contributed by atoms with Crippen molar-refractivity contribution in [2.45, 2.75) is 19.0 Å².